The average Bonchev–Trinajstić information content (AvgIpc) is 2.80. The molecule has 0 amide bonds. The first-order valence-electron chi connectivity index (χ1n) is 12.3. The lowest BCUT2D eigenvalue weighted by molar-refractivity contribution is 0.129. The largest absolute Gasteiger partial charge is 0.493 e. The molecule has 0 aromatic heterocycles. The molecule has 1 aromatic rings. The fourth-order valence-electron chi connectivity index (χ4n) is 3.72. The number of nitrogens with one attached hydrogen (secondary N) is 1. The topological polar surface area (TPSA) is 120 Å². The molecule has 0 aliphatic rings. The number of rotatable bonds is 19. The minimum absolute atomic E-state index is 0.0670. The van der Waals surface area contributed by atoms with Crippen molar-refractivity contribution in [2.45, 2.75) is 71.4 Å². The van der Waals surface area contributed by atoms with Crippen LogP contribution < -0.4 is 19.9 Å². The lowest BCUT2D eigenvalue weighted by Crippen LogP contribution is -2.45. The van der Waals surface area contributed by atoms with Gasteiger partial charge in [0.1, 0.15) is 0 Å². The third-order valence-corrected chi connectivity index (χ3v) is 7.45. The highest BCUT2D eigenvalue weighted by atomic mass is 32.2. The van der Waals surface area contributed by atoms with E-state index < -0.39 is 22.2 Å². The van der Waals surface area contributed by atoms with Gasteiger partial charge in [-0.2, -0.15) is 0 Å². The monoisotopic (exact) mass is 502 g/mol. The van der Waals surface area contributed by atoms with E-state index in [1.54, 1.807) is 14.2 Å². The van der Waals surface area contributed by atoms with Gasteiger partial charge in [-0.25, -0.2) is 13.1 Å². The van der Waals surface area contributed by atoms with Crippen molar-refractivity contribution in [3.63, 3.8) is 0 Å². The van der Waals surface area contributed by atoms with E-state index in [-0.39, 0.29) is 18.2 Å². The second kappa shape index (κ2) is 16.3. The molecule has 198 valence electrons. The Morgan fingerprint density at radius 3 is 2.44 bits per heavy atom. The van der Waals surface area contributed by atoms with Gasteiger partial charge in [-0.15, -0.1) is 0 Å². The van der Waals surface area contributed by atoms with Gasteiger partial charge < -0.3 is 25.1 Å². The van der Waals surface area contributed by atoms with Gasteiger partial charge in [0.2, 0.25) is 10.0 Å². The minimum Gasteiger partial charge on any atom is -0.493 e. The third kappa shape index (κ3) is 11.8. The molecule has 0 saturated carbocycles. The van der Waals surface area contributed by atoms with E-state index in [1.165, 1.54) is 0 Å². The molecule has 0 bridgehead atoms. The maximum Gasteiger partial charge on any atom is 0.211 e. The number of nitrogens with two attached hydrogens (primary N) is 1. The molecular weight excluding hydrogens is 456 g/mol. The van der Waals surface area contributed by atoms with Crippen LogP contribution in [0.2, 0.25) is 0 Å². The summed E-state index contributed by atoms with van der Waals surface area (Å²) in [5.74, 6) is 1.99. The van der Waals surface area contributed by atoms with Crippen molar-refractivity contribution in [1.82, 2.24) is 4.72 Å². The second-order valence-electron chi connectivity index (χ2n) is 9.23. The van der Waals surface area contributed by atoms with E-state index in [0.29, 0.717) is 43.5 Å². The normalized spacial score (nSPS) is 14.7. The molecule has 3 atom stereocenters. The van der Waals surface area contributed by atoms with Crippen molar-refractivity contribution in [1.29, 1.82) is 0 Å². The Hall–Kier alpha value is -1.39. The van der Waals surface area contributed by atoms with Gasteiger partial charge in [0.15, 0.2) is 11.5 Å². The molecule has 4 N–H and O–H groups in total. The minimum atomic E-state index is -3.40. The van der Waals surface area contributed by atoms with Crippen LogP contribution in [-0.2, 0) is 21.2 Å². The Kier molecular flexibility index (Phi) is 14.7. The molecule has 0 fully saturated rings. The Labute approximate surface area is 206 Å². The molecule has 0 unspecified atom stereocenters. The predicted octanol–water partition coefficient (Wildman–Crippen LogP) is 3.11. The molecule has 8 nitrogen and oxygen atoms in total. The van der Waals surface area contributed by atoms with Crippen molar-refractivity contribution in [3.8, 4) is 11.5 Å². The Bertz CT molecular complexity index is 788. The number of hydrogen-bond donors (Lipinski definition) is 3. The molecule has 0 saturated heterocycles. The predicted molar refractivity (Wildman–Crippen MR) is 137 cm³/mol. The molecule has 0 heterocycles. The van der Waals surface area contributed by atoms with E-state index >= 15 is 0 Å². The van der Waals surface area contributed by atoms with Gasteiger partial charge in [-0.1, -0.05) is 39.7 Å². The van der Waals surface area contributed by atoms with Crippen LogP contribution in [0.4, 0.5) is 0 Å². The van der Waals surface area contributed by atoms with Crippen LogP contribution in [0.25, 0.3) is 0 Å². The molecule has 1 aromatic carbocycles. The van der Waals surface area contributed by atoms with Gasteiger partial charge in [-0.3, -0.25) is 0 Å². The summed E-state index contributed by atoms with van der Waals surface area (Å²) in [5, 5.41) is 10.5. The summed E-state index contributed by atoms with van der Waals surface area (Å²) in [6.45, 7) is 7.39. The molecule has 0 aliphatic heterocycles. The van der Waals surface area contributed by atoms with Gasteiger partial charge in [-0.05, 0) is 48.8 Å². The van der Waals surface area contributed by atoms with Crippen molar-refractivity contribution in [2.24, 2.45) is 17.6 Å². The van der Waals surface area contributed by atoms with Gasteiger partial charge in [0, 0.05) is 32.7 Å². The average molecular weight is 503 g/mol. The highest BCUT2D eigenvalue weighted by Crippen LogP contribution is 2.31. The van der Waals surface area contributed by atoms with Gasteiger partial charge >= 0.3 is 0 Å². The zero-order valence-corrected chi connectivity index (χ0v) is 22.4. The molecular formula is C25H46N2O6S. The van der Waals surface area contributed by atoms with Crippen LogP contribution in [0.3, 0.4) is 0 Å². The van der Waals surface area contributed by atoms with E-state index in [2.05, 4.69) is 18.6 Å². The first-order valence-corrected chi connectivity index (χ1v) is 14.0. The zero-order chi connectivity index (χ0) is 25.6. The quantitative estimate of drug-likeness (QED) is 0.249. The van der Waals surface area contributed by atoms with Gasteiger partial charge in [0.25, 0.3) is 0 Å². The van der Waals surface area contributed by atoms with Crippen molar-refractivity contribution < 1.29 is 27.7 Å². The molecule has 34 heavy (non-hydrogen) atoms. The van der Waals surface area contributed by atoms with Crippen LogP contribution in [0.15, 0.2) is 18.2 Å². The molecule has 1 rings (SSSR count). The van der Waals surface area contributed by atoms with E-state index in [1.807, 2.05) is 25.1 Å². The number of hydrogen-bond acceptors (Lipinski definition) is 7. The maximum absolute atomic E-state index is 12.1. The fourth-order valence-corrected chi connectivity index (χ4v) is 4.88. The summed E-state index contributed by atoms with van der Waals surface area (Å²) in [7, 11) is -0.116. The smallest absolute Gasteiger partial charge is 0.211 e. The molecule has 9 heteroatoms. The summed E-state index contributed by atoms with van der Waals surface area (Å²) < 4.78 is 43.1. The van der Waals surface area contributed by atoms with Crippen LogP contribution in [0.5, 0.6) is 11.5 Å². The van der Waals surface area contributed by atoms with Crippen LogP contribution >= 0.6 is 0 Å². The number of benzene rings is 1. The molecule has 0 spiro atoms. The number of sulfonamides is 1. The lowest BCUT2D eigenvalue weighted by atomic mass is 9.83. The Morgan fingerprint density at radius 1 is 1.09 bits per heavy atom. The highest BCUT2D eigenvalue weighted by Gasteiger charge is 2.24. The van der Waals surface area contributed by atoms with Crippen molar-refractivity contribution in [3.05, 3.63) is 23.8 Å². The SMILES string of the molecule is CCCCCS(=O)(=O)NC[C@H](O)[C@@H](N)C[C@H](Cc1ccc(OC)c(OCCCOC)c1)C(C)C. The molecule has 0 aliphatic carbocycles. The number of methoxy groups -OCH3 is 2. The Morgan fingerprint density at radius 2 is 1.82 bits per heavy atom. The fraction of sp³-hybridized carbons (Fsp3) is 0.760. The zero-order valence-electron chi connectivity index (χ0n) is 21.6. The lowest BCUT2D eigenvalue weighted by Gasteiger charge is -2.27. The first kappa shape index (κ1) is 30.6. The summed E-state index contributed by atoms with van der Waals surface area (Å²) in [6, 6.07) is 5.38. The van der Waals surface area contributed by atoms with E-state index in [0.717, 1.165) is 31.2 Å². The standard InChI is InChI=1S/C25H46N2O6S/c1-6-7-8-14-34(29,30)27-18-23(28)22(26)17-21(19(2)3)15-20-10-11-24(32-5)25(16-20)33-13-9-12-31-4/h10-11,16,19,21-23,27-28H,6-9,12-15,17-18,26H2,1-5H3/t21-,22-,23-/m0/s1. The summed E-state index contributed by atoms with van der Waals surface area (Å²) in [6.07, 6.45) is 3.61. The number of ether oxygens (including phenoxy) is 3. The number of unbranched alkanes of at least 4 members (excludes halogenated alkanes) is 2. The van der Waals surface area contributed by atoms with Crippen molar-refractivity contribution in [2.75, 3.05) is 39.7 Å². The van der Waals surface area contributed by atoms with E-state index in [9.17, 15) is 13.5 Å². The van der Waals surface area contributed by atoms with Gasteiger partial charge in [0.05, 0.1) is 25.6 Å². The van der Waals surface area contributed by atoms with Crippen molar-refractivity contribution >= 4 is 10.0 Å². The third-order valence-electron chi connectivity index (χ3n) is 6.02. The first-order chi connectivity index (χ1) is 16.1. The second-order valence-corrected chi connectivity index (χ2v) is 11.2. The number of aliphatic hydroxyl groups is 1. The summed E-state index contributed by atoms with van der Waals surface area (Å²) >= 11 is 0. The summed E-state index contributed by atoms with van der Waals surface area (Å²) in [5.41, 5.74) is 7.39. The number of aliphatic hydroxyl groups excluding tert-OH is 1. The van der Waals surface area contributed by atoms with Crippen LogP contribution in [0, 0.1) is 11.8 Å². The maximum atomic E-state index is 12.1. The van der Waals surface area contributed by atoms with Crippen LogP contribution in [-0.4, -0.2) is 65.4 Å². The van der Waals surface area contributed by atoms with Crippen LogP contribution in [0.1, 0.15) is 58.4 Å². The Balaban J connectivity index is 2.72. The highest BCUT2D eigenvalue weighted by molar-refractivity contribution is 7.89. The van der Waals surface area contributed by atoms with E-state index in [4.69, 9.17) is 19.9 Å². The summed E-state index contributed by atoms with van der Waals surface area (Å²) in [4.78, 5) is 0. The molecule has 0 radical (unpaired) electrons.